The van der Waals surface area contributed by atoms with Gasteiger partial charge in [-0.3, -0.25) is 4.79 Å². The van der Waals surface area contributed by atoms with E-state index in [1.165, 1.54) is 5.56 Å². The smallest absolute Gasteiger partial charge is 0.224 e. The first-order valence-electron chi connectivity index (χ1n) is 8.09. The second-order valence-electron chi connectivity index (χ2n) is 6.79. The van der Waals surface area contributed by atoms with Gasteiger partial charge in [-0.05, 0) is 62.4 Å². The summed E-state index contributed by atoms with van der Waals surface area (Å²) in [5.41, 5.74) is 3.34. The molecule has 1 spiro atoms. The number of imidazole rings is 1. The molecular weight excluding hydrogens is 276 g/mol. The molecule has 1 saturated carbocycles. The number of rotatable bonds is 3. The van der Waals surface area contributed by atoms with Gasteiger partial charge in [-0.15, -0.1) is 0 Å². The van der Waals surface area contributed by atoms with Crippen LogP contribution in [-0.4, -0.2) is 28.4 Å². The lowest BCUT2D eigenvalue weighted by Gasteiger charge is -2.23. The van der Waals surface area contributed by atoms with Crippen LogP contribution in [0.25, 0.3) is 5.65 Å². The van der Waals surface area contributed by atoms with E-state index < -0.39 is 0 Å². The minimum atomic E-state index is 0.204. The second-order valence-corrected chi connectivity index (χ2v) is 6.79. The van der Waals surface area contributed by atoms with E-state index in [4.69, 9.17) is 0 Å². The van der Waals surface area contributed by atoms with Crippen molar-refractivity contribution < 1.29 is 4.79 Å². The largest absolute Gasteiger partial charge is 0.350 e. The van der Waals surface area contributed by atoms with Crippen LogP contribution in [0.15, 0.2) is 24.5 Å². The van der Waals surface area contributed by atoms with Gasteiger partial charge in [0.05, 0.1) is 12.2 Å². The number of hydrogen-bond donors (Lipinski definition) is 2. The zero-order chi connectivity index (χ0) is 15.2. The summed E-state index contributed by atoms with van der Waals surface area (Å²) in [5, 5.41) is 6.45. The molecule has 22 heavy (non-hydrogen) atoms. The minimum absolute atomic E-state index is 0.204. The summed E-state index contributed by atoms with van der Waals surface area (Å²) in [6.45, 7) is 4.68. The van der Waals surface area contributed by atoms with E-state index in [1.54, 1.807) is 0 Å². The van der Waals surface area contributed by atoms with Crippen molar-refractivity contribution in [2.24, 2.45) is 11.3 Å². The van der Waals surface area contributed by atoms with Gasteiger partial charge in [0.1, 0.15) is 5.65 Å². The van der Waals surface area contributed by atoms with Crippen molar-refractivity contribution in [3.63, 3.8) is 0 Å². The van der Waals surface area contributed by atoms with Gasteiger partial charge in [0, 0.05) is 18.3 Å². The lowest BCUT2D eigenvalue weighted by atomic mass is 9.92. The van der Waals surface area contributed by atoms with Crippen LogP contribution in [0.5, 0.6) is 0 Å². The first-order chi connectivity index (χ1) is 10.7. The molecule has 4 rings (SSSR count). The normalized spacial score (nSPS) is 22.9. The van der Waals surface area contributed by atoms with Crippen molar-refractivity contribution >= 4 is 11.6 Å². The van der Waals surface area contributed by atoms with E-state index in [9.17, 15) is 4.79 Å². The van der Waals surface area contributed by atoms with Crippen molar-refractivity contribution in [3.8, 4) is 0 Å². The SMILES string of the molecule is Cc1ccn2cc(CNC(=O)C3CC34CCNCC4)nc2c1. The molecule has 2 aliphatic rings. The molecule has 2 aromatic rings. The maximum absolute atomic E-state index is 12.4. The maximum Gasteiger partial charge on any atom is 0.224 e. The molecule has 3 heterocycles. The standard InChI is InChI=1S/C17H22N4O/c1-12-2-7-21-11-13(20-15(21)8-12)10-19-16(22)14-9-17(14)3-5-18-6-4-17/h2,7-8,11,14,18H,3-6,9-10H2,1H3,(H,19,22). The highest BCUT2D eigenvalue weighted by atomic mass is 16.2. The molecule has 116 valence electrons. The van der Waals surface area contributed by atoms with Crippen molar-refractivity contribution in [2.75, 3.05) is 13.1 Å². The average molecular weight is 298 g/mol. The number of aryl methyl sites for hydroxylation is 1. The third kappa shape index (κ3) is 2.39. The van der Waals surface area contributed by atoms with Gasteiger partial charge in [0.25, 0.3) is 0 Å². The predicted molar refractivity (Wildman–Crippen MR) is 84.4 cm³/mol. The third-order valence-corrected chi connectivity index (χ3v) is 5.21. The summed E-state index contributed by atoms with van der Waals surface area (Å²) >= 11 is 0. The Morgan fingerprint density at radius 3 is 3.14 bits per heavy atom. The highest BCUT2D eigenvalue weighted by Gasteiger charge is 2.57. The van der Waals surface area contributed by atoms with E-state index in [2.05, 4.69) is 34.7 Å². The van der Waals surface area contributed by atoms with Gasteiger partial charge in [0.2, 0.25) is 5.91 Å². The van der Waals surface area contributed by atoms with Crippen LogP contribution < -0.4 is 10.6 Å². The van der Waals surface area contributed by atoms with E-state index >= 15 is 0 Å². The fraction of sp³-hybridized carbons (Fsp3) is 0.529. The summed E-state index contributed by atoms with van der Waals surface area (Å²) in [4.78, 5) is 16.9. The van der Waals surface area contributed by atoms with E-state index in [1.807, 2.05) is 16.8 Å². The Hall–Kier alpha value is -1.88. The van der Waals surface area contributed by atoms with Gasteiger partial charge in [0.15, 0.2) is 0 Å². The third-order valence-electron chi connectivity index (χ3n) is 5.21. The van der Waals surface area contributed by atoms with E-state index in [-0.39, 0.29) is 11.8 Å². The summed E-state index contributed by atoms with van der Waals surface area (Å²) in [6.07, 6.45) is 7.33. The quantitative estimate of drug-likeness (QED) is 0.906. The van der Waals surface area contributed by atoms with Crippen LogP contribution in [0.4, 0.5) is 0 Å². The predicted octanol–water partition coefficient (Wildman–Crippen LogP) is 1.65. The Morgan fingerprint density at radius 2 is 2.32 bits per heavy atom. The van der Waals surface area contributed by atoms with Crippen molar-refractivity contribution in [2.45, 2.75) is 32.7 Å². The molecule has 1 aliphatic heterocycles. The second kappa shape index (κ2) is 5.09. The fourth-order valence-electron chi connectivity index (χ4n) is 3.72. The number of carbonyl (C=O) groups excluding carboxylic acids is 1. The molecular formula is C17H22N4O. The molecule has 1 saturated heterocycles. The van der Waals surface area contributed by atoms with Gasteiger partial charge in [-0.25, -0.2) is 4.98 Å². The molecule has 1 amide bonds. The topological polar surface area (TPSA) is 58.4 Å². The van der Waals surface area contributed by atoms with Crippen molar-refractivity contribution in [1.29, 1.82) is 0 Å². The van der Waals surface area contributed by atoms with Crippen LogP contribution in [0.2, 0.25) is 0 Å². The molecule has 0 radical (unpaired) electrons. The maximum atomic E-state index is 12.4. The van der Waals surface area contributed by atoms with Gasteiger partial charge < -0.3 is 15.0 Å². The summed E-state index contributed by atoms with van der Waals surface area (Å²) < 4.78 is 2.00. The molecule has 1 aliphatic carbocycles. The Morgan fingerprint density at radius 1 is 1.50 bits per heavy atom. The Bertz CT molecular complexity index is 715. The van der Waals surface area contributed by atoms with Crippen LogP contribution in [0.1, 0.15) is 30.5 Å². The molecule has 0 bridgehead atoms. The number of pyridine rings is 1. The lowest BCUT2D eigenvalue weighted by molar-refractivity contribution is -0.123. The molecule has 2 N–H and O–H groups in total. The number of fused-ring (bicyclic) bond motifs is 1. The highest BCUT2D eigenvalue weighted by molar-refractivity contribution is 5.82. The van der Waals surface area contributed by atoms with Crippen molar-refractivity contribution in [1.82, 2.24) is 20.0 Å². The van der Waals surface area contributed by atoms with Crippen LogP contribution in [0, 0.1) is 18.3 Å². The number of piperidine rings is 1. The molecule has 5 heteroatoms. The number of nitrogens with one attached hydrogen (secondary N) is 2. The number of amides is 1. The summed E-state index contributed by atoms with van der Waals surface area (Å²) in [6, 6.07) is 4.11. The number of nitrogens with zero attached hydrogens (tertiary/aromatic N) is 2. The zero-order valence-electron chi connectivity index (χ0n) is 12.9. The molecule has 1 unspecified atom stereocenters. The van der Waals surface area contributed by atoms with Gasteiger partial charge in [-0.1, -0.05) is 0 Å². The van der Waals surface area contributed by atoms with Crippen LogP contribution >= 0.6 is 0 Å². The van der Waals surface area contributed by atoms with Gasteiger partial charge >= 0.3 is 0 Å². The zero-order valence-corrected chi connectivity index (χ0v) is 12.9. The van der Waals surface area contributed by atoms with Crippen molar-refractivity contribution in [3.05, 3.63) is 35.8 Å². The minimum Gasteiger partial charge on any atom is -0.350 e. The summed E-state index contributed by atoms with van der Waals surface area (Å²) in [5.74, 6) is 0.420. The van der Waals surface area contributed by atoms with E-state index in [0.717, 1.165) is 43.7 Å². The Kier molecular flexibility index (Phi) is 3.18. The fourth-order valence-corrected chi connectivity index (χ4v) is 3.72. The molecule has 0 aromatic carbocycles. The average Bonchev–Trinajstić information content (AvgIpc) is 3.05. The molecule has 5 nitrogen and oxygen atoms in total. The summed E-state index contributed by atoms with van der Waals surface area (Å²) in [7, 11) is 0. The van der Waals surface area contributed by atoms with Crippen LogP contribution in [0.3, 0.4) is 0 Å². The first-order valence-corrected chi connectivity index (χ1v) is 8.09. The molecule has 2 aromatic heterocycles. The Balaban J connectivity index is 1.38. The van der Waals surface area contributed by atoms with Gasteiger partial charge in [-0.2, -0.15) is 0 Å². The molecule has 2 fully saturated rings. The number of carbonyl (C=O) groups is 1. The Labute approximate surface area is 130 Å². The van der Waals surface area contributed by atoms with E-state index in [0.29, 0.717) is 12.0 Å². The van der Waals surface area contributed by atoms with Crippen LogP contribution in [-0.2, 0) is 11.3 Å². The number of aromatic nitrogens is 2. The first kappa shape index (κ1) is 13.8. The lowest BCUT2D eigenvalue weighted by Crippen LogP contribution is -2.33. The number of hydrogen-bond acceptors (Lipinski definition) is 3. The molecule has 1 atom stereocenters. The monoisotopic (exact) mass is 298 g/mol. The highest BCUT2D eigenvalue weighted by Crippen LogP contribution is 2.58.